The fraction of sp³-hybridized carbons (Fsp3) is 0.500. The third kappa shape index (κ3) is 3.14. The molecule has 1 aliphatic carbocycles. The molecule has 1 aromatic heterocycles. The van der Waals surface area contributed by atoms with Crippen LogP contribution in [0.3, 0.4) is 0 Å². The van der Waals surface area contributed by atoms with E-state index in [2.05, 4.69) is 21.8 Å². The van der Waals surface area contributed by atoms with Crippen molar-refractivity contribution in [2.24, 2.45) is 0 Å². The van der Waals surface area contributed by atoms with Crippen LogP contribution in [-0.4, -0.2) is 25.2 Å². The summed E-state index contributed by atoms with van der Waals surface area (Å²) in [5.74, 6) is 0.237. The number of hydrogen-bond acceptors (Lipinski definition) is 2. The van der Waals surface area contributed by atoms with Crippen molar-refractivity contribution in [3.8, 4) is 0 Å². The standard InChI is InChI=1S/C16H22N2O2S/c1-2-3-10-21(19,20)18-12-8-9-16-14(11-12)13-6-4-5-7-15(13)17-16/h4-7,12,17-18H,2-3,8-11H2,1H3. The van der Waals surface area contributed by atoms with Crippen LogP contribution in [0.2, 0.25) is 0 Å². The number of H-pyrrole nitrogens is 1. The van der Waals surface area contributed by atoms with E-state index in [9.17, 15) is 8.42 Å². The lowest BCUT2D eigenvalue weighted by Crippen LogP contribution is -2.39. The molecule has 0 fully saturated rings. The maximum Gasteiger partial charge on any atom is 0.211 e. The number of hydrogen-bond donors (Lipinski definition) is 2. The molecular formula is C16H22N2O2S. The number of aromatic amines is 1. The van der Waals surface area contributed by atoms with Gasteiger partial charge in [0.25, 0.3) is 0 Å². The number of nitrogens with one attached hydrogen (secondary N) is 2. The third-order valence-electron chi connectivity index (χ3n) is 4.21. The molecule has 0 saturated carbocycles. The zero-order chi connectivity index (χ0) is 14.9. The number of fused-ring (bicyclic) bond motifs is 3. The van der Waals surface area contributed by atoms with Gasteiger partial charge in [0.15, 0.2) is 0 Å². The van der Waals surface area contributed by atoms with Crippen LogP contribution < -0.4 is 4.72 Å². The van der Waals surface area contributed by atoms with Crippen LogP contribution in [0.1, 0.15) is 37.4 Å². The lowest BCUT2D eigenvalue weighted by Gasteiger charge is -2.23. The average Bonchev–Trinajstić information content (AvgIpc) is 2.83. The van der Waals surface area contributed by atoms with Crippen molar-refractivity contribution >= 4 is 20.9 Å². The predicted octanol–water partition coefficient (Wildman–Crippen LogP) is 2.74. The molecule has 0 amide bonds. The average molecular weight is 306 g/mol. The highest BCUT2D eigenvalue weighted by atomic mass is 32.2. The molecule has 1 heterocycles. The van der Waals surface area contributed by atoms with Crippen LogP contribution in [0, 0.1) is 0 Å². The largest absolute Gasteiger partial charge is 0.358 e. The minimum absolute atomic E-state index is 0.0264. The number of para-hydroxylation sites is 1. The van der Waals surface area contributed by atoms with Crippen LogP contribution in [0.4, 0.5) is 0 Å². The Bertz CT molecular complexity index is 734. The van der Waals surface area contributed by atoms with Gasteiger partial charge in [-0.3, -0.25) is 0 Å². The molecule has 0 aliphatic heterocycles. The lowest BCUT2D eigenvalue weighted by molar-refractivity contribution is 0.505. The highest BCUT2D eigenvalue weighted by molar-refractivity contribution is 7.89. The Morgan fingerprint density at radius 3 is 2.95 bits per heavy atom. The molecule has 2 N–H and O–H groups in total. The summed E-state index contributed by atoms with van der Waals surface area (Å²) in [6.07, 6.45) is 4.18. The maximum atomic E-state index is 12.1. The minimum Gasteiger partial charge on any atom is -0.358 e. The van der Waals surface area contributed by atoms with Crippen LogP contribution in [0.5, 0.6) is 0 Å². The lowest BCUT2D eigenvalue weighted by atomic mass is 9.92. The number of benzene rings is 1. The number of sulfonamides is 1. The zero-order valence-electron chi connectivity index (χ0n) is 12.4. The zero-order valence-corrected chi connectivity index (χ0v) is 13.2. The van der Waals surface area contributed by atoms with E-state index in [0.717, 1.165) is 37.6 Å². The molecular weight excluding hydrogens is 284 g/mol. The van der Waals surface area contributed by atoms with Crippen LogP contribution >= 0.6 is 0 Å². The summed E-state index contributed by atoms with van der Waals surface area (Å²) in [4.78, 5) is 3.46. The smallest absolute Gasteiger partial charge is 0.211 e. The quantitative estimate of drug-likeness (QED) is 0.892. The van der Waals surface area contributed by atoms with E-state index in [0.29, 0.717) is 0 Å². The van der Waals surface area contributed by atoms with Gasteiger partial charge in [0.05, 0.1) is 5.75 Å². The van der Waals surface area contributed by atoms with E-state index < -0.39 is 10.0 Å². The summed E-state index contributed by atoms with van der Waals surface area (Å²) in [5, 5.41) is 1.23. The van der Waals surface area contributed by atoms with E-state index in [1.165, 1.54) is 16.6 Å². The highest BCUT2D eigenvalue weighted by Crippen LogP contribution is 2.29. The fourth-order valence-electron chi connectivity index (χ4n) is 3.12. The number of aryl methyl sites for hydroxylation is 1. The molecule has 0 radical (unpaired) electrons. The van der Waals surface area contributed by atoms with Gasteiger partial charge in [-0.05, 0) is 37.3 Å². The number of unbranched alkanes of at least 4 members (excludes halogenated alkanes) is 1. The minimum atomic E-state index is -3.14. The normalized spacial score (nSPS) is 18.8. The Morgan fingerprint density at radius 1 is 1.33 bits per heavy atom. The van der Waals surface area contributed by atoms with Crippen molar-refractivity contribution in [3.05, 3.63) is 35.5 Å². The SMILES string of the molecule is CCCCS(=O)(=O)NC1CCc2[nH]c3ccccc3c2C1. The maximum absolute atomic E-state index is 12.1. The van der Waals surface area contributed by atoms with Crippen molar-refractivity contribution in [2.45, 2.75) is 45.1 Å². The monoisotopic (exact) mass is 306 g/mol. The summed E-state index contributed by atoms with van der Waals surface area (Å²) in [5.41, 5.74) is 3.69. The van der Waals surface area contributed by atoms with Gasteiger partial charge in [-0.2, -0.15) is 0 Å². The molecule has 1 aliphatic rings. The second-order valence-corrected chi connectivity index (χ2v) is 7.73. The van der Waals surface area contributed by atoms with Crippen molar-refractivity contribution in [3.63, 3.8) is 0 Å². The van der Waals surface area contributed by atoms with Gasteiger partial charge in [0.2, 0.25) is 10.0 Å². The van der Waals surface area contributed by atoms with E-state index in [-0.39, 0.29) is 11.8 Å². The van der Waals surface area contributed by atoms with E-state index in [1.807, 2.05) is 19.1 Å². The summed E-state index contributed by atoms with van der Waals surface area (Å²) >= 11 is 0. The molecule has 5 heteroatoms. The summed E-state index contributed by atoms with van der Waals surface area (Å²) < 4.78 is 27.0. The van der Waals surface area contributed by atoms with Crippen LogP contribution in [0.25, 0.3) is 10.9 Å². The predicted molar refractivity (Wildman–Crippen MR) is 85.9 cm³/mol. The van der Waals surface area contributed by atoms with Gasteiger partial charge in [-0.15, -0.1) is 0 Å². The molecule has 2 aromatic rings. The molecule has 4 nitrogen and oxygen atoms in total. The van der Waals surface area contributed by atoms with Crippen molar-refractivity contribution in [2.75, 3.05) is 5.75 Å². The fourth-order valence-corrected chi connectivity index (χ4v) is 4.61. The molecule has 3 rings (SSSR count). The summed E-state index contributed by atoms with van der Waals surface area (Å²) in [7, 11) is -3.14. The van der Waals surface area contributed by atoms with E-state index >= 15 is 0 Å². The first kappa shape index (κ1) is 14.6. The molecule has 1 atom stereocenters. The van der Waals surface area contributed by atoms with E-state index in [4.69, 9.17) is 0 Å². The van der Waals surface area contributed by atoms with Crippen molar-refractivity contribution < 1.29 is 8.42 Å². The highest BCUT2D eigenvalue weighted by Gasteiger charge is 2.25. The van der Waals surface area contributed by atoms with Gasteiger partial charge < -0.3 is 4.98 Å². The van der Waals surface area contributed by atoms with Gasteiger partial charge in [0, 0.05) is 22.6 Å². The summed E-state index contributed by atoms with van der Waals surface area (Å²) in [6, 6.07) is 8.27. The molecule has 0 bridgehead atoms. The first-order chi connectivity index (χ1) is 10.1. The topological polar surface area (TPSA) is 62.0 Å². The Morgan fingerprint density at radius 2 is 2.14 bits per heavy atom. The third-order valence-corrected chi connectivity index (χ3v) is 5.73. The molecule has 0 saturated heterocycles. The number of aromatic nitrogens is 1. The molecule has 0 spiro atoms. The Labute approximate surface area is 126 Å². The Kier molecular flexibility index (Phi) is 4.04. The van der Waals surface area contributed by atoms with Crippen LogP contribution in [-0.2, 0) is 22.9 Å². The summed E-state index contributed by atoms with van der Waals surface area (Å²) in [6.45, 7) is 2.01. The van der Waals surface area contributed by atoms with Crippen molar-refractivity contribution in [1.82, 2.24) is 9.71 Å². The van der Waals surface area contributed by atoms with Crippen molar-refractivity contribution in [1.29, 1.82) is 0 Å². The Balaban J connectivity index is 1.78. The first-order valence-electron chi connectivity index (χ1n) is 7.67. The first-order valence-corrected chi connectivity index (χ1v) is 9.33. The van der Waals surface area contributed by atoms with Gasteiger partial charge in [0.1, 0.15) is 0 Å². The van der Waals surface area contributed by atoms with E-state index in [1.54, 1.807) is 0 Å². The van der Waals surface area contributed by atoms with Crippen LogP contribution in [0.15, 0.2) is 24.3 Å². The molecule has 114 valence electrons. The Hall–Kier alpha value is -1.33. The second-order valence-electron chi connectivity index (χ2n) is 5.86. The van der Waals surface area contributed by atoms with Gasteiger partial charge in [-0.1, -0.05) is 31.5 Å². The van der Waals surface area contributed by atoms with Gasteiger partial charge >= 0.3 is 0 Å². The molecule has 21 heavy (non-hydrogen) atoms. The second kappa shape index (κ2) is 5.81. The number of rotatable bonds is 5. The molecule has 1 unspecified atom stereocenters. The molecule has 1 aromatic carbocycles. The van der Waals surface area contributed by atoms with Gasteiger partial charge in [-0.25, -0.2) is 13.1 Å².